The van der Waals surface area contributed by atoms with Gasteiger partial charge in [0, 0.05) is 12.1 Å². The van der Waals surface area contributed by atoms with Gasteiger partial charge in [-0.1, -0.05) is 0 Å². The number of aliphatic hydroxyl groups is 8. The average Bonchev–Trinajstić information content (AvgIpc) is 3.27. The molecule has 0 amide bonds. The Morgan fingerprint density at radius 3 is 2.19 bits per heavy atom. The molecule has 1 spiro atoms. The first-order valence-electron chi connectivity index (χ1n) is 11.8. The van der Waals surface area contributed by atoms with Crippen LogP contribution in [0.3, 0.4) is 0 Å². The van der Waals surface area contributed by atoms with Crippen molar-refractivity contribution >= 4 is 0 Å². The van der Waals surface area contributed by atoms with E-state index in [1.165, 1.54) is 0 Å². The summed E-state index contributed by atoms with van der Waals surface area (Å²) in [5.74, 6) is -2.48. The molecule has 4 rings (SSSR count). The summed E-state index contributed by atoms with van der Waals surface area (Å²) in [6.45, 7) is -1.33. The van der Waals surface area contributed by atoms with E-state index < -0.39 is 111 Å². The van der Waals surface area contributed by atoms with Crippen LogP contribution in [0.4, 0.5) is 0 Å². The van der Waals surface area contributed by atoms with Crippen LogP contribution in [0.25, 0.3) is 0 Å². The van der Waals surface area contributed by atoms with E-state index in [0.717, 1.165) is 0 Å². The van der Waals surface area contributed by atoms with Crippen molar-refractivity contribution < 1.29 is 70.0 Å². The fourth-order valence-electron chi connectivity index (χ4n) is 5.23. The van der Waals surface area contributed by atoms with Crippen LogP contribution in [0.2, 0.25) is 0 Å². The van der Waals surface area contributed by atoms with Crippen molar-refractivity contribution in [2.75, 3.05) is 20.3 Å². The summed E-state index contributed by atoms with van der Waals surface area (Å²) in [4.78, 5) is 0. The van der Waals surface area contributed by atoms with Gasteiger partial charge >= 0.3 is 5.97 Å². The molecule has 0 aromatic carbocycles. The van der Waals surface area contributed by atoms with Gasteiger partial charge in [-0.05, 0) is 13.5 Å². The van der Waals surface area contributed by atoms with Gasteiger partial charge in [0.15, 0.2) is 12.4 Å². The molecule has 17 heteroatoms. The number of likely N-dealkylation sites (N-methyl/N-ethyl adjacent to an activating group) is 1. The molecule has 3 aliphatic heterocycles. The third-order valence-electron chi connectivity index (χ3n) is 7.42. The Hall–Kier alpha value is -0.680. The summed E-state index contributed by atoms with van der Waals surface area (Å²) in [6.07, 6.45) is -17.7. The molecule has 3 heterocycles. The Labute approximate surface area is 211 Å². The number of nitrogens with two attached hydrogens (primary N) is 2. The summed E-state index contributed by atoms with van der Waals surface area (Å²) in [6, 6.07) is -2.50. The predicted molar refractivity (Wildman–Crippen MR) is 118 cm³/mol. The molecule has 4 fully saturated rings. The minimum absolute atomic E-state index is 0. The maximum absolute atomic E-state index is 10.7. The monoisotopic (exact) mass is 545 g/mol. The van der Waals surface area contributed by atoms with Crippen LogP contribution in [-0.2, 0) is 23.7 Å². The lowest BCUT2D eigenvalue weighted by atomic mass is 9.84. The van der Waals surface area contributed by atoms with Crippen molar-refractivity contribution in [3.05, 3.63) is 0 Å². The number of hydrogen-bond acceptors (Lipinski definition) is 16. The molecule has 0 aromatic heterocycles. The average molecular weight is 546 g/mol. The van der Waals surface area contributed by atoms with Gasteiger partial charge in [-0.15, -0.1) is 0 Å². The van der Waals surface area contributed by atoms with Crippen LogP contribution >= 0.6 is 0 Å². The molecular formula is C20H39N3O14. The van der Waals surface area contributed by atoms with Crippen molar-refractivity contribution in [1.82, 2.24) is 5.32 Å². The van der Waals surface area contributed by atoms with Gasteiger partial charge in [-0.3, -0.25) is 0 Å². The highest BCUT2D eigenvalue weighted by molar-refractivity contribution is 5.05. The largest absolute Gasteiger partial charge is 0.412 e. The Bertz CT molecular complexity index is 757. The number of hydrogen-bond donors (Lipinski definition) is 11. The van der Waals surface area contributed by atoms with Crippen LogP contribution in [0.1, 0.15) is 6.42 Å². The van der Waals surface area contributed by atoms with E-state index in [2.05, 4.69) is 5.32 Å². The molecule has 16 atom stereocenters. The van der Waals surface area contributed by atoms with Crippen LogP contribution in [-0.4, -0.2) is 164 Å². The quantitative estimate of drug-likeness (QED) is 0.148. The first-order valence-corrected chi connectivity index (χ1v) is 11.8. The lowest BCUT2D eigenvalue weighted by Gasteiger charge is -2.46. The van der Waals surface area contributed by atoms with E-state index in [9.17, 15) is 40.9 Å². The Balaban J connectivity index is 0.00000380. The number of nitrogens with one attached hydrogen (secondary N) is 1. The summed E-state index contributed by atoms with van der Waals surface area (Å²) in [7, 11) is 1.60. The predicted octanol–water partition coefficient (Wildman–Crippen LogP) is -8.10. The third kappa shape index (κ3) is 5.26. The fraction of sp³-hybridized carbons (Fsp3) is 1.00. The molecule has 37 heavy (non-hydrogen) atoms. The molecular weight excluding hydrogens is 506 g/mol. The second-order valence-corrected chi connectivity index (χ2v) is 9.72. The van der Waals surface area contributed by atoms with Crippen molar-refractivity contribution in [2.45, 2.75) is 104 Å². The van der Waals surface area contributed by atoms with Crippen molar-refractivity contribution in [1.29, 1.82) is 0 Å². The molecule has 218 valence electrons. The summed E-state index contributed by atoms with van der Waals surface area (Å²) < 4.78 is 28.7. The lowest BCUT2D eigenvalue weighted by Crippen LogP contribution is -2.69. The standard InChI is InChI=1S/C20H37N3O13.H2O/c1-23-7-2-5(21)9(26)15(10(7)27)33-19-17-16(11(28)8(4-25)32-19)35-20(36-17)18(31)13(30)12(29)14(34-20)6(22)3-24;/h5-19,23-31H,2-4,21-22H2,1H3;1H2/t5-,6-,7+,8-,9+,10-,11+,12-,13+,14-,15-,16+,17+,18-,19+,20+;/m1./s1. The van der Waals surface area contributed by atoms with E-state index in [0.29, 0.717) is 0 Å². The van der Waals surface area contributed by atoms with Gasteiger partial charge in [0.05, 0.1) is 31.5 Å². The molecule has 1 aliphatic carbocycles. The molecule has 0 aromatic rings. The number of ether oxygens (including phenoxy) is 5. The van der Waals surface area contributed by atoms with E-state index in [1.54, 1.807) is 7.05 Å². The van der Waals surface area contributed by atoms with E-state index in [-0.39, 0.29) is 11.9 Å². The Morgan fingerprint density at radius 1 is 0.946 bits per heavy atom. The maximum Gasteiger partial charge on any atom is 0.314 e. The highest BCUT2D eigenvalue weighted by Crippen LogP contribution is 2.45. The van der Waals surface area contributed by atoms with E-state index in [4.69, 9.17) is 35.2 Å². The van der Waals surface area contributed by atoms with Crippen molar-refractivity contribution in [2.24, 2.45) is 11.5 Å². The van der Waals surface area contributed by atoms with Gasteiger partial charge < -0.3 is 86.8 Å². The zero-order valence-corrected chi connectivity index (χ0v) is 20.1. The van der Waals surface area contributed by atoms with Gasteiger partial charge in [0.25, 0.3) is 0 Å². The minimum atomic E-state index is -2.48. The van der Waals surface area contributed by atoms with Crippen molar-refractivity contribution in [3.8, 4) is 0 Å². The van der Waals surface area contributed by atoms with Crippen LogP contribution < -0.4 is 16.8 Å². The zero-order valence-electron chi connectivity index (χ0n) is 20.1. The summed E-state index contributed by atoms with van der Waals surface area (Å²) in [5.41, 5.74) is 11.8. The maximum atomic E-state index is 10.7. The normalized spacial score (nSPS) is 52.9. The first-order chi connectivity index (χ1) is 17.0. The second kappa shape index (κ2) is 11.8. The second-order valence-electron chi connectivity index (χ2n) is 9.72. The molecule has 0 unspecified atom stereocenters. The molecule has 4 aliphatic rings. The molecule has 17 nitrogen and oxygen atoms in total. The van der Waals surface area contributed by atoms with E-state index in [1.807, 2.05) is 0 Å². The third-order valence-corrected chi connectivity index (χ3v) is 7.42. The highest BCUT2D eigenvalue weighted by atomic mass is 16.9. The van der Waals surface area contributed by atoms with Crippen LogP contribution in [0.15, 0.2) is 0 Å². The van der Waals surface area contributed by atoms with Crippen molar-refractivity contribution in [3.63, 3.8) is 0 Å². The number of fused-ring (bicyclic) bond motifs is 1. The Kier molecular flexibility index (Phi) is 9.86. The number of rotatable bonds is 6. The van der Waals surface area contributed by atoms with Gasteiger partial charge in [-0.25, -0.2) is 0 Å². The SMILES string of the molecule is CN[C@H]1C[C@@H](N)[C@H](O)[C@@H](O[C@@H]2O[C@H](CO)[C@H](O)[C@@H]3O[C@@]4(O[C@H]23)O[C@H]([C@H](N)CO)[C@H](O)[C@H](O)[C@H]4O)[C@@H]1O.O. The molecule has 0 bridgehead atoms. The lowest BCUT2D eigenvalue weighted by molar-refractivity contribution is -0.439. The smallest absolute Gasteiger partial charge is 0.314 e. The van der Waals surface area contributed by atoms with E-state index >= 15 is 0 Å². The highest BCUT2D eigenvalue weighted by Gasteiger charge is 2.67. The van der Waals surface area contributed by atoms with Crippen LogP contribution in [0, 0.1) is 0 Å². The molecule has 1 saturated carbocycles. The van der Waals surface area contributed by atoms with Gasteiger partial charge in [-0.2, -0.15) is 0 Å². The first kappa shape index (κ1) is 30.9. The van der Waals surface area contributed by atoms with Gasteiger partial charge in [0.1, 0.15) is 48.8 Å². The molecule has 3 saturated heterocycles. The van der Waals surface area contributed by atoms with Gasteiger partial charge in [0.2, 0.25) is 0 Å². The number of aliphatic hydroxyl groups excluding tert-OH is 8. The minimum Gasteiger partial charge on any atom is -0.412 e. The fourth-order valence-corrected chi connectivity index (χ4v) is 5.23. The van der Waals surface area contributed by atoms with Crippen LogP contribution in [0.5, 0.6) is 0 Å². The Morgan fingerprint density at radius 2 is 1.59 bits per heavy atom. The topological polar surface area (TPSA) is 304 Å². The molecule has 15 N–H and O–H groups in total. The zero-order chi connectivity index (χ0) is 26.5. The summed E-state index contributed by atoms with van der Waals surface area (Å²) in [5, 5.41) is 85.6. The summed E-state index contributed by atoms with van der Waals surface area (Å²) >= 11 is 0. The molecule has 0 radical (unpaired) electrons.